The molecule has 1 aromatic rings. The summed E-state index contributed by atoms with van der Waals surface area (Å²) in [5.74, 6) is -4.24. The number of carbonyl (C=O) groups excluding carboxylic acids is 4. The van der Waals surface area contributed by atoms with Crippen molar-refractivity contribution in [2.45, 2.75) is 24.4 Å². The predicted octanol–water partition coefficient (Wildman–Crippen LogP) is -1.57. The summed E-state index contributed by atoms with van der Waals surface area (Å²) in [5, 5.41) is 4.36. The lowest BCUT2D eigenvalue weighted by Crippen LogP contribution is -2.99. The van der Waals surface area contributed by atoms with Gasteiger partial charge in [-0.2, -0.15) is 0 Å². The maximum absolute atomic E-state index is 14.0. The normalized spacial score (nSPS) is 30.1. The van der Waals surface area contributed by atoms with Crippen LogP contribution in [0.3, 0.4) is 0 Å². The molecule has 1 aromatic carbocycles. The van der Waals surface area contributed by atoms with Crippen LogP contribution in [0.25, 0.3) is 0 Å². The SMILES string of the molecule is COCCN1C(=O)[C@@H]2[C@H](CCC(N)=O)[NH2+][C@@]3(C(=O)Nc4ccc(F)cc43)[C@@H]2C1=O. The summed E-state index contributed by atoms with van der Waals surface area (Å²) in [7, 11) is 1.46. The van der Waals surface area contributed by atoms with Crippen molar-refractivity contribution in [2.24, 2.45) is 17.6 Å². The van der Waals surface area contributed by atoms with E-state index in [2.05, 4.69) is 5.32 Å². The number of amides is 4. The van der Waals surface area contributed by atoms with Gasteiger partial charge in [-0.15, -0.1) is 0 Å². The van der Waals surface area contributed by atoms with Crippen LogP contribution in [-0.4, -0.2) is 54.8 Å². The lowest BCUT2D eigenvalue weighted by molar-refractivity contribution is -0.734. The van der Waals surface area contributed by atoms with Crippen LogP contribution in [0.2, 0.25) is 0 Å². The Morgan fingerprint density at radius 3 is 2.79 bits per heavy atom. The number of nitrogens with zero attached hydrogens (tertiary/aromatic N) is 1. The highest BCUT2D eigenvalue weighted by Gasteiger charge is 2.74. The molecule has 2 saturated heterocycles. The fourth-order valence-corrected chi connectivity index (χ4v) is 4.97. The Morgan fingerprint density at radius 2 is 2.10 bits per heavy atom. The van der Waals surface area contributed by atoms with E-state index in [0.717, 1.165) is 4.90 Å². The van der Waals surface area contributed by atoms with Gasteiger partial charge in [0.2, 0.25) is 23.3 Å². The van der Waals surface area contributed by atoms with Crippen molar-refractivity contribution in [1.82, 2.24) is 4.90 Å². The Balaban J connectivity index is 1.81. The molecule has 0 bridgehead atoms. The summed E-state index contributed by atoms with van der Waals surface area (Å²) < 4.78 is 19.0. The number of rotatable bonds is 6. The first-order valence-electron chi connectivity index (χ1n) is 9.41. The molecule has 4 rings (SSSR count). The van der Waals surface area contributed by atoms with Crippen molar-refractivity contribution in [3.63, 3.8) is 0 Å². The molecule has 0 saturated carbocycles. The number of carbonyl (C=O) groups is 4. The summed E-state index contributed by atoms with van der Waals surface area (Å²) in [5.41, 5.74) is 4.57. The number of imide groups is 1. The van der Waals surface area contributed by atoms with Crippen LogP contribution in [0, 0.1) is 17.7 Å². The van der Waals surface area contributed by atoms with Gasteiger partial charge < -0.3 is 21.1 Å². The summed E-state index contributed by atoms with van der Waals surface area (Å²) in [6.45, 7) is 0.231. The van der Waals surface area contributed by atoms with E-state index >= 15 is 0 Å². The summed E-state index contributed by atoms with van der Waals surface area (Å²) in [4.78, 5) is 51.9. The zero-order valence-electron chi connectivity index (χ0n) is 15.8. The molecule has 3 aliphatic heterocycles. The Labute approximate surface area is 165 Å². The third-order valence-corrected chi connectivity index (χ3v) is 6.17. The average molecular weight is 405 g/mol. The third kappa shape index (κ3) is 2.74. The van der Waals surface area contributed by atoms with Crippen LogP contribution in [0.1, 0.15) is 18.4 Å². The van der Waals surface area contributed by atoms with E-state index in [-0.39, 0.29) is 26.0 Å². The molecular weight excluding hydrogens is 383 g/mol. The number of benzene rings is 1. The van der Waals surface area contributed by atoms with E-state index in [0.29, 0.717) is 11.3 Å². The van der Waals surface area contributed by atoms with Gasteiger partial charge in [-0.25, -0.2) is 4.39 Å². The predicted molar refractivity (Wildman–Crippen MR) is 96.4 cm³/mol. The molecule has 4 atom stereocenters. The first kappa shape index (κ1) is 19.5. The number of quaternary nitrogens is 1. The van der Waals surface area contributed by atoms with Gasteiger partial charge in [0, 0.05) is 25.5 Å². The second-order valence-corrected chi connectivity index (χ2v) is 7.67. The molecule has 1 spiro atoms. The monoisotopic (exact) mass is 405 g/mol. The Morgan fingerprint density at radius 1 is 1.34 bits per heavy atom. The lowest BCUT2D eigenvalue weighted by Gasteiger charge is -2.26. The van der Waals surface area contributed by atoms with Crippen LogP contribution in [0.15, 0.2) is 18.2 Å². The fourth-order valence-electron chi connectivity index (χ4n) is 4.97. The van der Waals surface area contributed by atoms with Crippen LogP contribution in [0.5, 0.6) is 0 Å². The first-order valence-corrected chi connectivity index (χ1v) is 9.41. The van der Waals surface area contributed by atoms with Crippen LogP contribution in [-0.2, 0) is 29.5 Å². The minimum absolute atomic E-state index is 0.0115. The largest absolute Gasteiger partial charge is 0.383 e. The van der Waals surface area contributed by atoms with Gasteiger partial charge in [-0.05, 0) is 18.2 Å². The minimum atomic E-state index is -1.46. The van der Waals surface area contributed by atoms with E-state index in [1.165, 1.54) is 25.3 Å². The van der Waals surface area contributed by atoms with Gasteiger partial charge in [0.15, 0.2) is 0 Å². The number of likely N-dealkylation sites (tertiary alicyclic amines) is 1. The van der Waals surface area contributed by atoms with Gasteiger partial charge in [0.25, 0.3) is 5.91 Å². The molecule has 4 amide bonds. The molecule has 9 nitrogen and oxygen atoms in total. The van der Waals surface area contributed by atoms with Crippen molar-refractivity contribution >= 4 is 29.3 Å². The molecule has 3 aliphatic rings. The second-order valence-electron chi connectivity index (χ2n) is 7.67. The zero-order chi connectivity index (χ0) is 20.9. The minimum Gasteiger partial charge on any atom is -0.383 e. The molecule has 5 N–H and O–H groups in total. The number of primary amides is 1. The van der Waals surface area contributed by atoms with E-state index in [9.17, 15) is 23.6 Å². The molecule has 29 heavy (non-hydrogen) atoms. The Bertz CT molecular complexity index is 922. The maximum Gasteiger partial charge on any atom is 0.291 e. The van der Waals surface area contributed by atoms with Gasteiger partial charge in [0.05, 0.1) is 18.8 Å². The van der Waals surface area contributed by atoms with Crippen molar-refractivity contribution in [1.29, 1.82) is 0 Å². The maximum atomic E-state index is 14.0. The van der Waals surface area contributed by atoms with Crippen LogP contribution in [0.4, 0.5) is 10.1 Å². The highest BCUT2D eigenvalue weighted by Crippen LogP contribution is 2.49. The molecule has 3 heterocycles. The van der Waals surface area contributed by atoms with E-state index in [1.54, 1.807) is 5.32 Å². The van der Waals surface area contributed by atoms with Crippen LogP contribution < -0.4 is 16.4 Å². The molecule has 10 heteroatoms. The number of fused-ring (bicyclic) bond motifs is 4. The number of methoxy groups -OCH3 is 1. The zero-order valence-corrected chi connectivity index (χ0v) is 15.8. The smallest absolute Gasteiger partial charge is 0.291 e. The molecule has 0 aromatic heterocycles. The van der Waals surface area contributed by atoms with Crippen LogP contribution >= 0.6 is 0 Å². The average Bonchev–Trinajstić information content (AvgIpc) is 3.24. The van der Waals surface area contributed by atoms with Gasteiger partial charge in [-0.1, -0.05) is 0 Å². The lowest BCUT2D eigenvalue weighted by atomic mass is 9.76. The van der Waals surface area contributed by atoms with E-state index < -0.39 is 52.9 Å². The highest BCUT2D eigenvalue weighted by molar-refractivity contribution is 6.13. The summed E-state index contributed by atoms with van der Waals surface area (Å²) in [6.07, 6.45) is 0.241. The number of anilines is 1. The number of nitrogens with one attached hydrogen (secondary N) is 1. The Kier molecular flexibility index (Phi) is 4.62. The summed E-state index contributed by atoms with van der Waals surface area (Å²) in [6, 6.07) is 3.38. The first-order chi connectivity index (χ1) is 13.8. The Hall–Kier alpha value is -2.85. The molecule has 0 unspecified atom stereocenters. The topological polar surface area (TPSA) is 135 Å². The standard InChI is InChI=1S/C19H21FN4O5/c1-29-7-6-24-16(26)14-12(4-5-13(21)25)23-19(15(14)17(24)27)10-8-9(20)2-3-11(10)22-18(19)28/h2-3,8,12,14-15,23H,4-7H2,1H3,(H2,21,25)(H,22,28)/p+1/t12-,14+,15-,19+/m0/s1. The van der Waals surface area contributed by atoms with Gasteiger partial charge in [0.1, 0.15) is 23.7 Å². The second kappa shape index (κ2) is 6.89. The number of halogens is 1. The van der Waals surface area contributed by atoms with Gasteiger partial charge >= 0.3 is 0 Å². The number of nitrogens with two attached hydrogens (primary N) is 2. The molecule has 0 aliphatic carbocycles. The van der Waals surface area contributed by atoms with Crippen molar-refractivity contribution in [3.05, 3.63) is 29.6 Å². The molecule has 0 radical (unpaired) electrons. The molecular formula is C19H22FN4O5+. The third-order valence-electron chi connectivity index (χ3n) is 6.17. The fraction of sp³-hybridized carbons (Fsp3) is 0.474. The van der Waals surface area contributed by atoms with E-state index in [4.69, 9.17) is 10.5 Å². The molecule has 154 valence electrons. The highest BCUT2D eigenvalue weighted by atomic mass is 19.1. The number of ether oxygens (including phenoxy) is 1. The van der Waals surface area contributed by atoms with Crippen molar-refractivity contribution in [2.75, 3.05) is 25.6 Å². The quantitative estimate of drug-likeness (QED) is 0.492. The summed E-state index contributed by atoms with van der Waals surface area (Å²) >= 11 is 0. The number of hydrogen-bond donors (Lipinski definition) is 3. The van der Waals surface area contributed by atoms with Crippen molar-refractivity contribution in [3.8, 4) is 0 Å². The van der Waals surface area contributed by atoms with Crippen molar-refractivity contribution < 1.29 is 33.6 Å². The van der Waals surface area contributed by atoms with Gasteiger partial charge in [-0.3, -0.25) is 24.1 Å². The molecule has 2 fully saturated rings. The number of hydrogen-bond acceptors (Lipinski definition) is 5. The van der Waals surface area contributed by atoms with E-state index in [1.807, 2.05) is 0 Å².